The Balaban J connectivity index is 1.84. The van der Waals surface area contributed by atoms with Crippen LogP contribution in [-0.4, -0.2) is 71.0 Å². The summed E-state index contributed by atoms with van der Waals surface area (Å²) in [4.78, 5) is 49.5. The van der Waals surface area contributed by atoms with E-state index in [0.29, 0.717) is 37.1 Å². The Kier molecular flexibility index (Phi) is 9.31. The summed E-state index contributed by atoms with van der Waals surface area (Å²) in [5, 5.41) is 19.1. The fourth-order valence-corrected chi connectivity index (χ4v) is 3.53. The highest BCUT2D eigenvalue weighted by Gasteiger charge is 2.28. The number of alkyl carbamates (subject to hydrolysis) is 1. The summed E-state index contributed by atoms with van der Waals surface area (Å²) in [6, 6.07) is 6.24. The maximum atomic E-state index is 12.7. The van der Waals surface area contributed by atoms with E-state index < -0.39 is 23.6 Å². The first-order chi connectivity index (χ1) is 15.9. The van der Waals surface area contributed by atoms with Crippen molar-refractivity contribution in [3.63, 3.8) is 0 Å². The normalized spacial score (nSPS) is 15.4. The highest BCUT2D eigenvalue weighted by molar-refractivity contribution is 6.05. The van der Waals surface area contributed by atoms with Crippen molar-refractivity contribution in [2.24, 2.45) is 5.92 Å². The number of benzene rings is 1. The van der Waals surface area contributed by atoms with Crippen molar-refractivity contribution >= 4 is 29.6 Å². The summed E-state index contributed by atoms with van der Waals surface area (Å²) in [5.41, 5.74) is 0.146. The van der Waals surface area contributed by atoms with Gasteiger partial charge in [0.05, 0.1) is 6.10 Å². The first-order valence-corrected chi connectivity index (χ1v) is 11.2. The molecule has 0 spiro atoms. The van der Waals surface area contributed by atoms with Gasteiger partial charge in [0.15, 0.2) is 5.78 Å². The van der Waals surface area contributed by atoms with Gasteiger partial charge >= 0.3 is 12.1 Å². The van der Waals surface area contributed by atoms with Crippen LogP contribution in [0.15, 0.2) is 24.3 Å². The van der Waals surface area contributed by atoms with Crippen LogP contribution in [0, 0.1) is 11.3 Å². The van der Waals surface area contributed by atoms with Crippen LogP contribution in [0.3, 0.4) is 0 Å². The van der Waals surface area contributed by atoms with E-state index in [4.69, 9.17) is 20.0 Å². The molecule has 1 atom stereocenters. The van der Waals surface area contributed by atoms with Gasteiger partial charge in [0.1, 0.15) is 18.0 Å². The lowest BCUT2D eigenvalue weighted by Gasteiger charge is -2.33. The maximum Gasteiger partial charge on any atom is 0.413 e. The number of aliphatic carboxylic acids is 1. The van der Waals surface area contributed by atoms with E-state index in [-0.39, 0.29) is 36.7 Å². The number of nitrogens with zero attached hydrogens (tertiary/aromatic N) is 1. The first kappa shape index (κ1) is 27.0. The van der Waals surface area contributed by atoms with E-state index in [1.54, 1.807) is 56.9 Å². The summed E-state index contributed by atoms with van der Waals surface area (Å²) >= 11 is 0. The topological polar surface area (TPSA) is 146 Å². The maximum absolute atomic E-state index is 12.7. The van der Waals surface area contributed by atoms with Gasteiger partial charge in [-0.3, -0.25) is 20.3 Å². The number of hydrogen-bond acceptors (Lipinski definition) is 7. The van der Waals surface area contributed by atoms with E-state index in [2.05, 4.69) is 5.32 Å². The van der Waals surface area contributed by atoms with Gasteiger partial charge in [-0.1, -0.05) is 31.2 Å². The smallest absolute Gasteiger partial charge is 0.413 e. The van der Waals surface area contributed by atoms with Crippen LogP contribution in [0.1, 0.15) is 62.9 Å². The zero-order chi connectivity index (χ0) is 25.5. The molecule has 0 unspecified atom stereocenters. The van der Waals surface area contributed by atoms with Crippen LogP contribution >= 0.6 is 0 Å². The second-order valence-electron chi connectivity index (χ2n) is 9.34. The zero-order valence-electron chi connectivity index (χ0n) is 20.1. The lowest BCUT2D eigenvalue weighted by Crippen LogP contribution is -2.43. The number of ketones is 1. The van der Waals surface area contributed by atoms with E-state index in [0.717, 1.165) is 0 Å². The molecule has 1 saturated heterocycles. The van der Waals surface area contributed by atoms with Crippen molar-refractivity contribution in [2.45, 2.75) is 58.7 Å². The molecule has 1 aliphatic heterocycles. The summed E-state index contributed by atoms with van der Waals surface area (Å²) in [6.07, 6.45) is 0.248. The minimum atomic E-state index is -1.02. The van der Waals surface area contributed by atoms with Gasteiger partial charge in [-0.05, 0) is 33.6 Å². The Morgan fingerprint density at radius 1 is 1.12 bits per heavy atom. The largest absolute Gasteiger partial charge is 0.480 e. The number of carbonyl (C=O) groups excluding carboxylic acids is 3. The average Bonchev–Trinajstić information content (AvgIpc) is 2.76. The fourth-order valence-electron chi connectivity index (χ4n) is 3.53. The molecule has 0 radical (unpaired) electrons. The third-order valence-corrected chi connectivity index (χ3v) is 5.23. The van der Waals surface area contributed by atoms with Crippen LogP contribution in [0.4, 0.5) is 4.79 Å². The zero-order valence-corrected chi connectivity index (χ0v) is 20.1. The van der Waals surface area contributed by atoms with E-state index >= 15 is 0 Å². The van der Waals surface area contributed by atoms with Crippen LogP contribution in [0.5, 0.6) is 0 Å². The Hall–Kier alpha value is -3.27. The predicted octanol–water partition coefficient (Wildman–Crippen LogP) is 2.84. The number of nitrogens with one attached hydrogen (secondary N) is 2. The van der Waals surface area contributed by atoms with Gasteiger partial charge in [-0.15, -0.1) is 0 Å². The number of hydrogen-bond donors (Lipinski definition) is 3. The molecule has 1 aliphatic rings. The second-order valence-corrected chi connectivity index (χ2v) is 9.34. The SMILES string of the molecule is C[C@H](CC(=O)c1ccc(C(=N)NC(=O)OC(C)(C)C)cc1)C(=O)N1CCC(OCC(=O)O)CC1. The van der Waals surface area contributed by atoms with Gasteiger partial charge in [0.25, 0.3) is 0 Å². The number of amides is 2. The van der Waals surface area contributed by atoms with Gasteiger partial charge in [-0.2, -0.15) is 0 Å². The van der Waals surface area contributed by atoms with Crippen molar-refractivity contribution in [3.8, 4) is 0 Å². The van der Waals surface area contributed by atoms with E-state index in [9.17, 15) is 19.2 Å². The molecule has 1 aromatic carbocycles. The molecule has 34 heavy (non-hydrogen) atoms. The fraction of sp³-hybridized carbons (Fsp3) is 0.542. The summed E-state index contributed by atoms with van der Waals surface area (Å²) in [7, 11) is 0. The number of carbonyl (C=O) groups is 4. The van der Waals surface area contributed by atoms with Gasteiger partial charge in [-0.25, -0.2) is 9.59 Å². The monoisotopic (exact) mass is 475 g/mol. The number of rotatable bonds is 8. The Morgan fingerprint density at radius 2 is 1.68 bits per heavy atom. The lowest BCUT2D eigenvalue weighted by molar-refractivity contribution is -0.147. The Bertz CT molecular complexity index is 913. The average molecular weight is 476 g/mol. The molecule has 10 heteroatoms. The van der Waals surface area contributed by atoms with Gasteiger partial charge in [0, 0.05) is 36.6 Å². The number of Topliss-reactive ketones (excluding diaryl/α,β-unsaturated/α-hetero) is 1. The molecule has 2 rings (SSSR count). The molecule has 0 aliphatic carbocycles. The molecule has 186 valence electrons. The number of ether oxygens (including phenoxy) is 2. The molecule has 0 bridgehead atoms. The predicted molar refractivity (Wildman–Crippen MR) is 124 cm³/mol. The van der Waals surface area contributed by atoms with Crippen LogP contribution < -0.4 is 5.32 Å². The molecule has 1 fully saturated rings. The van der Waals surface area contributed by atoms with Crippen LogP contribution in [0.25, 0.3) is 0 Å². The van der Waals surface area contributed by atoms with Crippen LogP contribution in [-0.2, 0) is 19.1 Å². The van der Waals surface area contributed by atoms with Crippen molar-refractivity contribution in [3.05, 3.63) is 35.4 Å². The minimum Gasteiger partial charge on any atom is -0.480 e. The van der Waals surface area contributed by atoms with Crippen molar-refractivity contribution in [1.82, 2.24) is 10.2 Å². The Morgan fingerprint density at radius 3 is 2.21 bits per heavy atom. The lowest BCUT2D eigenvalue weighted by atomic mass is 9.96. The molecule has 3 N–H and O–H groups in total. The molecular formula is C24H33N3O7. The van der Waals surface area contributed by atoms with Crippen molar-refractivity contribution < 1.29 is 33.8 Å². The minimum absolute atomic E-state index is 0.0429. The standard InChI is InChI=1S/C24H33N3O7/c1-15(22(31)27-11-9-18(10-12-27)33-14-20(29)30)13-19(28)16-5-7-17(8-6-16)21(25)26-23(32)34-24(2,3)4/h5-8,15,18H,9-14H2,1-4H3,(H,29,30)(H2,25,26,32)/t15-/m1/s1. The highest BCUT2D eigenvalue weighted by atomic mass is 16.6. The third-order valence-electron chi connectivity index (χ3n) is 5.23. The molecule has 1 heterocycles. The van der Waals surface area contributed by atoms with E-state index in [1.807, 2.05) is 0 Å². The molecule has 1 aromatic rings. The number of likely N-dealkylation sites (tertiary alicyclic amines) is 1. The second kappa shape index (κ2) is 11.7. The summed E-state index contributed by atoms with van der Waals surface area (Å²) in [6.45, 7) is 7.46. The van der Waals surface area contributed by atoms with Crippen molar-refractivity contribution in [2.75, 3.05) is 19.7 Å². The Labute approximate surface area is 199 Å². The molecule has 0 aromatic heterocycles. The highest BCUT2D eigenvalue weighted by Crippen LogP contribution is 2.19. The summed E-state index contributed by atoms with van der Waals surface area (Å²) < 4.78 is 10.4. The quantitative estimate of drug-likeness (QED) is 0.298. The third kappa shape index (κ3) is 8.58. The number of carboxylic acids is 1. The van der Waals surface area contributed by atoms with E-state index in [1.165, 1.54) is 0 Å². The van der Waals surface area contributed by atoms with Gasteiger partial charge in [0.2, 0.25) is 5.91 Å². The first-order valence-electron chi connectivity index (χ1n) is 11.2. The van der Waals surface area contributed by atoms with Crippen LogP contribution in [0.2, 0.25) is 0 Å². The molecular weight excluding hydrogens is 442 g/mol. The number of amidine groups is 1. The molecule has 2 amide bonds. The summed E-state index contributed by atoms with van der Waals surface area (Å²) in [5.74, 6) is -1.98. The van der Waals surface area contributed by atoms with Crippen molar-refractivity contribution in [1.29, 1.82) is 5.41 Å². The molecule has 10 nitrogen and oxygen atoms in total. The number of carboxylic acid groups (broad SMARTS) is 1. The number of piperidine rings is 1. The molecule has 0 saturated carbocycles. The van der Waals surface area contributed by atoms with Gasteiger partial charge < -0.3 is 19.5 Å².